The zero-order valence-corrected chi connectivity index (χ0v) is 11.5. The Kier molecular flexibility index (Phi) is 2.86. The van der Waals surface area contributed by atoms with Crippen LogP contribution in [0.3, 0.4) is 0 Å². The molecule has 1 heterocycles. The molecular formula is C16H14O4. The summed E-state index contributed by atoms with van der Waals surface area (Å²) in [7, 11) is 3.12. The lowest BCUT2D eigenvalue weighted by Crippen LogP contribution is -2.02. The third-order valence-electron chi connectivity index (χ3n) is 3.36. The van der Waals surface area contributed by atoms with Crippen LogP contribution in [0.4, 0.5) is 0 Å². The topological polar surface area (TPSA) is 48.7 Å². The lowest BCUT2D eigenvalue weighted by Gasteiger charge is -2.10. The van der Waals surface area contributed by atoms with Crippen LogP contribution in [-0.4, -0.2) is 14.2 Å². The van der Waals surface area contributed by atoms with Crippen LogP contribution in [0.25, 0.3) is 21.7 Å². The summed E-state index contributed by atoms with van der Waals surface area (Å²) in [4.78, 5) is 12.1. The highest BCUT2D eigenvalue weighted by molar-refractivity contribution is 6.08. The van der Waals surface area contributed by atoms with E-state index in [2.05, 4.69) is 0 Å². The summed E-state index contributed by atoms with van der Waals surface area (Å²) in [6, 6.07) is 9.13. The molecule has 0 aliphatic carbocycles. The zero-order valence-electron chi connectivity index (χ0n) is 11.5. The van der Waals surface area contributed by atoms with Crippen LogP contribution in [0.1, 0.15) is 5.56 Å². The van der Waals surface area contributed by atoms with Gasteiger partial charge in [0.15, 0.2) is 0 Å². The van der Waals surface area contributed by atoms with Gasteiger partial charge < -0.3 is 13.9 Å². The van der Waals surface area contributed by atoms with Crippen LogP contribution in [0.5, 0.6) is 11.5 Å². The number of hydrogen-bond donors (Lipinski definition) is 0. The predicted octanol–water partition coefficient (Wildman–Crippen LogP) is 3.27. The predicted molar refractivity (Wildman–Crippen MR) is 77.8 cm³/mol. The van der Waals surface area contributed by atoms with E-state index in [-0.39, 0.29) is 0 Å². The van der Waals surface area contributed by atoms with Gasteiger partial charge in [-0.05, 0) is 25.1 Å². The van der Waals surface area contributed by atoms with Gasteiger partial charge in [-0.3, -0.25) is 0 Å². The number of methoxy groups -OCH3 is 2. The van der Waals surface area contributed by atoms with Crippen molar-refractivity contribution in [3.8, 4) is 11.5 Å². The van der Waals surface area contributed by atoms with Gasteiger partial charge in [0, 0.05) is 16.8 Å². The zero-order chi connectivity index (χ0) is 14.3. The smallest absolute Gasteiger partial charge is 0.344 e. The first-order valence-electron chi connectivity index (χ1n) is 6.23. The van der Waals surface area contributed by atoms with Crippen LogP contribution in [0.15, 0.2) is 39.5 Å². The van der Waals surface area contributed by atoms with Crippen LogP contribution >= 0.6 is 0 Å². The van der Waals surface area contributed by atoms with Crippen molar-refractivity contribution in [2.24, 2.45) is 0 Å². The molecule has 3 aromatic rings. The third-order valence-corrected chi connectivity index (χ3v) is 3.36. The molecule has 0 bridgehead atoms. The first-order valence-corrected chi connectivity index (χ1v) is 6.23. The van der Waals surface area contributed by atoms with Crippen LogP contribution < -0.4 is 15.1 Å². The lowest BCUT2D eigenvalue weighted by atomic mass is 10.0. The van der Waals surface area contributed by atoms with Crippen molar-refractivity contribution in [3.63, 3.8) is 0 Å². The van der Waals surface area contributed by atoms with Gasteiger partial charge in [0.25, 0.3) is 0 Å². The summed E-state index contributed by atoms with van der Waals surface area (Å²) in [5.74, 6) is 1.16. The first-order chi connectivity index (χ1) is 9.63. The maximum Gasteiger partial charge on any atom is 0.344 e. The third kappa shape index (κ3) is 1.81. The summed E-state index contributed by atoms with van der Waals surface area (Å²) in [5.41, 5.74) is 1.25. The highest BCUT2D eigenvalue weighted by Gasteiger charge is 2.14. The normalized spacial score (nSPS) is 10.9. The average Bonchev–Trinajstić information content (AvgIpc) is 2.47. The van der Waals surface area contributed by atoms with Crippen LogP contribution in [0, 0.1) is 6.92 Å². The quantitative estimate of drug-likeness (QED) is 0.529. The lowest BCUT2D eigenvalue weighted by molar-refractivity contribution is 0.397. The Hall–Kier alpha value is -2.49. The SMILES string of the molecule is COc1cc(OC)c2c(c1)c(=O)oc1ccc(C)cc12. The molecule has 0 unspecified atom stereocenters. The van der Waals surface area contributed by atoms with Crippen LogP contribution in [0.2, 0.25) is 0 Å². The van der Waals surface area contributed by atoms with E-state index in [0.717, 1.165) is 16.3 Å². The highest BCUT2D eigenvalue weighted by atomic mass is 16.5. The van der Waals surface area contributed by atoms with Gasteiger partial charge >= 0.3 is 5.63 Å². The number of rotatable bonds is 2. The van der Waals surface area contributed by atoms with E-state index in [4.69, 9.17) is 13.9 Å². The number of ether oxygens (including phenoxy) is 2. The highest BCUT2D eigenvalue weighted by Crippen LogP contribution is 2.34. The summed E-state index contributed by atoms with van der Waals surface area (Å²) in [5, 5.41) is 2.07. The summed E-state index contributed by atoms with van der Waals surface area (Å²) in [6.07, 6.45) is 0. The second-order valence-corrected chi connectivity index (χ2v) is 4.64. The average molecular weight is 270 g/mol. The second kappa shape index (κ2) is 4.56. The van der Waals surface area contributed by atoms with Crippen LogP contribution in [-0.2, 0) is 0 Å². The van der Waals surface area contributed by atoms with Crippen molar-refractivity contribution in [1.82, 2.24) is 0 Å². The summed E-state index contributed by atoms with van der Waals surface area (Å²) in [6.45, 7) is 1.99. The minimum absolute atomic E-state index is 0.395. The van der Waals surface area contributed by atoms with Crippen molar-refractivity contribution in [3.05, 3.63) is 46.3 Å². The van der Waals surface area contributed by atoms with Crippen molar-refractivity contribution in [1.29, 1.82) is 0 Å². The Labute approximate surface area is 115 Å². The van der Waals surface area contributed by atoms with Gasteiger partial charge in [-0.25, -0.2) is 4.79 Å². The van der Waals surface area contributed by atoms with E-state index in [1.54, 1.807) is 32.4 Å². The molecule has 0 spiro atoms. The number of aryl methyl sites for hydroxylation is 1. The fourth-order valence-electron chi connectivity index (χ4n) is 2.39. The Morgan fingerprint density at radius 2 is 1.80 bits per heavy atom. The molecule has 1 aromatic heterocycles. The molecule has 0 aliphatic rings. The fraction of sp³-hybridized carbons (Fsp3) is 0.188. The Morgan fingerprint density at radius 1 is 1.00 bits per heavy atom. The van der Waals surface area contributed by atoms with E-state index >= 15 is 0 Å². The Bertz CT molecular complexity index is 862. The molecule has 0 N–H and O–H groups in total. The molecule has 0 atom stereocenters. The molecule has 4 heteroatoms. The largest absolute Gasteiger partial charge is 0.497 e. The molecule has 3 rings (SSSR count). The van der Waals surface area contributed by atoms with Gasteiger partial charge in [-0.15, -0.1) is 0 Å². The molecule has 0 amide bonds. The molecule has 0 saturated heterocycles. The number of benzene rings is 2. The Morgan fingerprint density at radius 3 is 2.50 bits per heavy atom. The van der Waals surface area contributed by atoms with Gasteiger partial charge in [-0.2, -0.15) is 0 Å². The molecule has 4 nitrogen and oxygen atoms in total. The van der Waals surface area contributed by atoms with Gasteiger partial charge in [0.05, 0.1) is 19.6 Å². The molecule has 2 aromatic carbocycles. The minimum Gasteiger partial charge on any atom is -0.497 e. The molecular weight excluding hydrogens is 256 g/mol. The number of fused-ring (bicyclic) bond motifs is 3. The van der Waals surface area contributed by atoms with E-state index in [0.29, 0.717) is 22.5 Å². The maximum atomic E-state index is 12.1. The maximum absolute atomic E-state index is 12.1. The van der Waals surface area contributed by atoms with Crippen molar-refractivity contribution in [2.45, 2.75) is 6.92 Å². The van der Waals surface area contributed by atoms with Crippen molar-refractivity contribution < 1.29 is 13.9 Å². The fourth-order valence-corrected chi connectivity index (χ4v) is 2.39. The van der Waals surface area contributed by atoms with E-state index in [9.17, 15) is 4.79 Å². The molecule has 0 radical (unpaired) electrons. The Balaban J connectivity index is 2.59. The standard InChI is InChI=1S/C16H14O4/c1-9-4-5-13-11(6-9)15-12(16(17)20-13)7-10(18-2)8-14(15)19-3/h4-8H,1-3H3. The summed E-state index contributed by atoms with van der Waals surface area (Å²) < 4.78 is 16.0. The van der Waals surface area contributed by atoms with Gasteiger partial charge in [0.1, 0.15) is 17.1 Å². The monoisotopic (exact) mass is 270 g/mol. The minimum atomic E-state index is -0.395. The van der Waals surface area contributed by atoms with E-state index in [1.807, 2.05) is 19.1 Å². The second-order valence-electron chi connectivity index (χ2n) is 4.64. The molecule has 102 valence electrons. The van der Waals surface area contributed by atoms with E-state index in [1.165, 1.54) is 0 Å². The van der Waals surface area contributed by atoms with Gasteiger partial charge in [-0.1, -0.05) is 11.6 Å². The molecule has 0 aliphatic heterocycles. The molecule has 0 fully saturated rings. The number of hydrogen-bond acceptors (Lipinski definition) is 4. The first kappa shape index (κ1) is 12.5. The van der Waals surface area contributed by atoms with E-state index < -0.39 is 5.63 Å². The van der Waals surface area contributed by atoms with Crippen molar-refractivity contribution >= 4 is 21.7 Å². The summed E-state index contributed by atoms with van der Waals surface area (Å²) >= 11 is 0. The molecule has 20 heavy (non-hydrogen) atoms. The van der Waals surface area contributed by atoms with Gasteiger partial charge in [0.2, 0.25) is 0 Å². The molecule has 0 saturated carbocycles. The van der Waals surface area contributed by atoms with Crippen molar-refractivity contribution in [2.75, 3.05) is 14.2 Å².